The van der Waals surface area contributed by atoms with Crippen LogP contribution in [0.15, 0.2) is 60.7 Å². The first-order valence-corrected chi connectivity index (χ1v) is 14.2. The highest BCUT2D eigenvalue weighted by atomic mass is 19.4. The maximum Gasteiger partial charge on any atom is 0.416 e. The molecule has 0 radical (unpaired) electrons. The average molecular weight is 655 g/mol. The highest BCUT2D eigenvalue weighted by molar-refractivity contribution is 5.91. The number of amides is 2. The first kappa shape index (κ1) is 34.3. The number of hydrogen-bond acceptors (Lipinski definition) is 6. The van der Waals surface area contributed by atoms with Crippen molar-refractivity contribution in [2.24, 2.45) is 0 Å². The number of carbonyl (C=O) groups is 2. The molecule has 2 amide bonds. The van der Waals surface area contributed by atoms with Gasteiger partial charge in [0.15, 0.2) is 11.5 Å². The van der Waals surface area contributed by atoms with Gasteiger partial charge in [0.05, 0.1) is 56.3 Å². The SMILES string of the molecule is CCOC(=O)N(Cc1cc(C(F)(F)F)cc(C(F)(F)F)c1)[C@@H]1C[C@H](c2ccccc2)N(C(=O)OCC)c2cc(OC)c(OC)cc21. The lowest BCUT2D eigenvalue weighted by Crippen LogP contribution is -2.45. The molecule has 14 heteroatoms. The minimum absolute atomic E-state index is 0.0217. The molecule has 1 aliphatic rings. The normalized spacial score (nSPS) is 16.3. The maximum atomic E-state index is 13.7. The summed E-state index contributed by atoms with van der Waals surface area (Å²) in [4.78, 5) is 29.5. The zero-order chi connectivity index (χ0) is 33.8. The van der Waals surface area contributed by atoms with E-state index in [1.165, 1.54) is 38.2 Å². The second kappa shape index (κ2) is 13.8. The average Bonchev–Trinajstić information content (AvgIpc) is 3.01. The van der Waals surface area contributed by atoms with E-state index in [1.807, 2.05) is 0 Å². The standard InChI is InChI=1S/C32H32F6N2O6/c1-5-45-29(41)39(18-19-12-21(31(33,34)35)14-22(13-19)32(36,37)38)25-16-24(20-10-8-7-9-11-20)40(30(42)46-6-2)26-17-28(44-4)27(43-3)15-23(25)26/h7-15,17,24-25H,5-6,16,18H2,1-4H3/t24-,25-/m1/s1. The molecular weight excluding hydrogens is 622 g/mol. The number of anilines is 1. The summed E-state index contributed by atoms with van der Waals surface area (Å²) in [7, 11) is 2.74. The quantitative estimate of drug-likeness (QED) is 0.227. The van der Waals surface area contributed by atoms with Crippen LogP contribution in [0.2, 0.25) is 0 Å². The number of fused-ring (bicyclic) bond motifs is 1. The minimum atomic E-state index is -5.09. The third-order valence-corrected chi connectivity index (χ3v) is 7.44. The van der Waals surface area contributed by atoms with E-state index in [9.17, 15) is 35.9 Å². The van der Waals surface area contributed by atoms with Gasteiger partial charge in [0.25, 0.3) is 0 Å². The molecular formula is C32H32F6N2O6. The molecule has 3 aromatic carbocycles. The molecule has 0 saturated heterocycles. The molecule has 0 saturated carbocycles. The molecule has 3 aromatic rings. The highest BCUT2D eigenvalue weighted by Gasteiger charge is 2.43. The van der Waals surface area contributed by atoms with Gasteiger partial charge in [-0.05, 0) is 55.7 Å². The van der Waals surface area contributed by atoms with E-state index in [4.69, 9.17) is 18.9 Å². The maximum absolute atomic E-state index is 13.7. The van der Waals surface area contributed by atoms with Gasteiger partial charge >= 0.3 is 24.5 Å². The number of halogens is 6. The summed E-state index contributed by atoms with van der Waals surface area (Å²) in [6, 6.07) is 11.1. The minimum Gasteiger partial charge on any atom is -0.493 e. The molecule has 46 heavy (non-hydrogen) atoms. The summed E-state index contributed by atoms with van der Waals surface area (Å²) < 4.78 is 104. The van der Waals surface area contributed by atoms with Crippen molar-refractivity contribution in [3.05, 3.63) is 88.5 Å². The Kier molecular flexibility index (Phi) is 10.3. The number of hydrogen-bond donors (Lipinski definition) is 0. The molecule has 0 fully saturated rings. The zero-order valence-corrected chi connectivity index (χ0v) is 25.4. The van der Waals surface area contributed by atoms with E-state index in [-0.39, 0.29) is 42.9 Å². The van der Waals surface area contributed by atoms with Crippen molar-refractivity contribution in [1.82, 2.24) is 4.90 Å². The van der Waals surface area contributed by atoms with Crippen molar-refractivity contribution >= 4 is 17.9 Å². The van der Waals surface area contributed by atoms with Crippen LogP contribution < -0.4 is 14.4 Å². The molecule has 0 spiro atoms. The van der Waals surface area contributed by atoms with Crippen molar-refractivity contribution in [3.63, 3.8) is 0 Å². The van der Waals surface area contributed by atoms with Gasteiger partial charge in [0.2, 0.25) is 0 Å². The second-order valence-corrected chi connectivity index (χ2v) is 10.3. The molecule has 0 bridgehead atoms. The fourth-order valence-electron chi connectivity index (χ4n) is 5.46. The first-order chi connectivity index (χ1) is 21.7. The molecule has 2 atom stereocenters. The fourth-order valence-corrected chi connectivity index (χ4v) is 5.46. The molecule has 1 heterocycles. The predicted octanol–water partition coefficient (Wildman–Crippen LogP) is 8.55. The van der Waals surface area contributed by atoms with Crippen LogP contribution in [0.3, 0.4) is 0 Å². The van der Waals surface area contributed by atoms with Crippen molar-refractivity contribution in [2.75, 3.05) is 32.3 Å². The van der Waals surface area contributed by atoms with Gasteiger partial charge < -0.3 is 18.9 Å². The van der Waals surface area contributed by atoms with E-state index < -0.39 is 59.9 Å². The summed E-state index contributed by atoms with van der Waals surface area (Å²) >= 11 is 0. The monoisotopic (exact) mass is 654 g/mol. The molecule has 1 aliphatic heterocycles. The van der Waals surface area contributed by atoms with Crippen LogP contribution in [0.25, 0.3) is 0 Å². The van der Waals surface area contributed by atoms with Gasteiger partial charge in [-0.2, -0.15) is 26.3 Å². The van der Waals surface area contributed by atoms with Gasteiger partial charge in [-0.3, -0.25) is 9.80 Å². The Labute approximate surface area is 261 Å². The lowest BCUT2D eigenvalue weighted by Gasteiger charge is -2.44. The van der Waals surface area contributed by atoms with Crippen LogP contribution in [0.1, 0.15) is 60.2 Å². The number of methoxy groups -OCH3 is 2. The Morgan fingerprint density at radius 2 is 1.39 bits per heavy atom. The number of benzene rings is 3. The first-order valence-electron chi connectivity index (χ1n) is 14.2. The molecule has 248 valence electrons. The zero-order valence-electron chi connectivity index (χ0n) is 25.4. The lowest BCUT2D eigenvalue weighted by molar-refractivity contribution is -0.143. The summed E-state index contributed by atoms with van der Waals surface area (Å²) in [5.74, 6) is 0.425. The number of rotatable bonds is 8. The summed E-state index contributed by atoms with van der Waals surface area (Å²) in [5, 5.41) is 0. The van der Waals surface area contributed by atoms with Gasteiger partial charge in [-0.1, -0.05) is 30.3 Å². The van der Waals surface area contributed by atoms with Crippen LogP contribution >= 0.6 is 0 Å². The summed E-state index contributed by atoms with van der Waals surface area (Å²) in [6.07, 6.45) is -11.9. The highest BCUT2D eigenvalue weighted by Crippen LogP contribution is 2.50. The molecule has 0 aliphatic carbocycles. The van der Waals surface area contributed by atoms with E-state index >= 15 is 0 Å². The van der Waals surface area contributed by atoms with Crippen LogP contribution in [-0.4, -0.2) is 44.5 Å². The predicted molar refractivity (Wildman–Crippen MR) is 155 cm³/mol. The van der Waals surface area contributed by atoms with Crippen LogP contribution in [-0.2, 0) is 28.4 Å². The summed E-state index contributed by atoms with van der Waals surface area (Å²) in [6.45, 7) is 2.36. The topological polar surface area (TPSA) is 77.5 Å². The number of ether oxygens (including phenoxy) is 4. The lowest BCUT2D eigenvalue weighted by atomic mass is 9.86. The van der Waals surface area contributed by atoms with Crippen molar-refractivity contribution in [2.45, 2.75) is 51.2 Å². The van der Waals surface area contributed by atoms with Crippen molar-refractivity contribution in [3.8, 4) is 11.5 Å². The Morgan fingerprint density at radius 1 is 0.826 bits per heavy atom. The summed E-state index contributed by atoms with van der Waals surface area (Å²) in [5.41, 5.74) is -2.31. The number of nitrogens with zero attached hydrogens (tertiary/aromatic N) is 2. The third-order valence-electron chi connectivity index (χ3n) is 7.44. The van der Waals surface area contributed by atoms with Crippen molar-refractivity contribution in [1.29, 1.82) is 0 Å². The fraction of sp³-hybridized carbons (Fsp3) is 0.375. The van der Waals surface area contributed by atoms with E-state index in [1.54, 1.807) is 37.3 Å². The number of alkyl halides is 6. The van der Waals surface area contributed by atoms with Gasteiger partial charge in [-0.15, -0.1) is 0 Å². The Morgan fingerprint density at radius 3 is 1.91 bits per heavy atom. The van der Waals surface area contributed by atoms with Gasteiger partial charge in [-0.25, -0.2) is 9.59 Å². The smallest absolute Gasteiger partial charge is 0.416 e. The van der Waals surface area contributed by atoms with E-state index in [2.05, 4.69) is 0 Å². The molecule has 4 rings (SSSR count). The Bertz CT molecular complexity index is 1510. The van der Waals surface area contributed by atoms with E-state index in [0.29, 0.717) is 23.3 Å². The van der Waals surface area contributed by atoms with Gasteiger partial charge in [0, 0.05) is 18.2 Å². The largest absolute Gasteiger partial charge is 0.493 e. The third kappa shape index (κ3) is 7.26. The Hall–Kier alpha value is -4.62. The molecule has 0 N–H and O–H groups in total. The Balaban J connectivity index is 1.97. The van der Waals surface area contributed by atoms with Crippen molar-refractivity contribution < 1.29 is 54.9 Å². The van der Waals surface area contributed by atoms with Crippen LogP contribution in [0.4, 0.5) is 41.6 Å². The van der Waals surface area contributed by atoms with Crippen LogP contribution in [0.5, 0.6) is 11.5 Å². The number of carbonyl (C=O) groups excluding carboxylic acids is 2. The van der Waals surface area contributed by atoms with E-state index in [0.717, 1.165) is 4.90 Å². The van der Waals surface area contributed by atoms with Crippen LogP contribution in [0, 0.1) is 0 Å². The molecule has 0 aromatic heterocycles. The molecule has 0 unspecified atom stereocenters. The van der Waals surface area contributed by atoms with Gasteiger partial charge in [0.1, 0.15) is 0 Å². The molecule has 8 nitrogen and oxygen atoms in total. The second-order valence-electron chi connectivity index (χ2n) is 10.3.